The van der Waals surface area contributed by atoms with E-state index in [1.807, 2.05) is 43.3 Å². The number of carbonyl (C=O) groups excluding carboxylic acids is 3. The van der Waals surface area contributed by atoms with Gasteiger partial charge in [0.05, 0.1) is 18.0 Å². The highest BCUT2D eigenvalue weighted by atomic mass is 16.2. The number of nitrogens with zero attached hydrogens (tertiary/aromatic N) is 5. The molecule has 1 fully saturated rings. The van der Waals surface area contributed by atoms with E-state index in [9.17, 15) is 19.6 Å². The van der Waals surface area contributed by atoms with Gasteiger partial charge >= 0.3 is 0 Å². The molecule has 0 bridgehead atoms. The lowest BCUT2D eigenvalue weighted by Gasteiger charge is -2.38. The highest BCUT2D eigenvalue weighted by molar-refractivity contribution is 5.99. The smallest absolute Gasteiger partial charge is 0.253 e. The molecule has 43 heavy (non-hydrogen) atoms. The first-order valence-corrected chi connectivity index (χ1v) is 14.8. The van der Waals surface area contributed by atoms with Gasteiger partial charge in [0.2, 0.25) is 5.91 Å². The van der Waals surface area contributed by atoms with Crippen LogP contribution in [-0.2, 0) is 23.1 Å². The van der Waals surface area contributed by atoms with Crippen molar-refractivity contribution in [3.05, 3.63) is 69.8 Å². The normalized spacial score (nSPS) is 18.1. The number of benzene rings is 2. The molecule has 10 nitrogen and oxygen atoms in total. The minimum absolute atomic E-state index is 0.0858. The summed E-state index contributed by atoms with van der Waals surface area (Å²) in [7, 11) is 8.60. The van der Waals surface area contributed by atoms with Crippen LogP contribution in [0.1, 0.15) is 69.2 Å². The highest BCUT2D eigenvalue weighted by Crippen LogP contribution is 2.44. The summed E-state index contributed by atoms with van der Waals surface area (Å²) in [6, 6.07) is 13.2. The Morgan fingerprint density at radius 3 is 2.05 bits per heavy atom. The van der Waals surface area contributed by atoms with Gasteiger partial charge in [-0.05, 0) is 85.5 Å². The van der Waals surface area contributed by atoms with Crippen LogP contribution < -0.4 is 11.1 Å². The van der Waals surface area contributed by atoms with E-state index in [1.165, 1.54) is 0 Å². The molecule has 1 aliphatic heterocycles. The summed E-state index contributed by atoms with van der Waals surface area (Å²) in [5.41, 5.74) is 11.1. The van der Waals surface area contributed by atoms with Crippen molar-refractivity contribution >= 4 is 23.6 Å². The summed E-state index contributed by atoms with van der Waals surface area (Å²) in [4.78, 5) is 48.2. The number of hydrogen-bond donors (Lipinski definition) is 2. The number of fused-ring (bicyclic) bond motifs is 2. The maximum Gasteiger partial charge on any atom is 0.253 e. The van der Waals surface area contributed by atoms with Crippen molar-refractivity contribution in [1.82, 2.24) is 20.0 Å². The van der Waals surface area contributed by atoms with Crippen molar-refractivity contribution in [2.24, 2.45) is 10.7 Å². The maximum atomic E-state index is 13.0. The molecule has 3 amide bonds. The largest absolute Gasteiger partial charge is 0.386 e. The molecule has 2 aliphatic rings. The molecule has 1 aliphatic carbocycles. The van der Waals surface area contributed by atoms with E-state index in [-0.39, 0.29) is 36.3 Å². The third-order valence-corrected chi connectivity index (χ3v) is 8.71. The molecule has 2 atom stereocenters. The Kier molecular flexibility index (Phi) is 9.55. The van der Waals surface area contributed by atoms with Crippen molar-refractivity contribution < 1.29 is 14.4 Å². The lowest BCUT2D eigenvalue weighted by Crippen LogP contribution is -2.49. The van der Waals surface area contributed by atoms with Gasteiger partial charge in [0, 0.05) is 59.0 Å². The van der Waals surface area contributed by atoms with Crippen LogP contribution in [0.25, 0.3) is 0 Å². The number of hydrogen-bond acceptors (Lipinski definition) is 6. The molecule has 4 rings (SSSR count). The Hall–Kier alpha value is -4.23. The fourth-order valence-electron chi connectivity index (χ4n) is 6.52. The lowest BCUT2D eigenvalue weighted by molar-refractivity contribution is -0.130. The highest BCUT2D eigenvalue weighted by Gasteiger charge is 2.44. The van der Waals surface area contributed by atoms with Crippen molar-refractivity contribution in [1.29, 1.82) is 5.26 Å². The van der Waals surface area contributed by atoms with Crippen molar-refractivity contribution in [2.45, 2.75) is 56.5 Å². The topological polar surface area (TPSA) is 135 Å². The van der Waals surface area contributed by atoms with Crippen LogP contribution in [0.15, 0.2) is 41.4 Å². The number of nitrogens with one attached hydrogen (secondary N) is 1. The van der Waals surface area contributed by atoms with Gasteiger partial charge < -0.3 is 25.8 Å². The molecule has 10 heteroatoms. The molecule has 2 aromatic rings. The fourth-order valence-corrected chi connectivity index (χ4v) is 6.52. The van der Waals surface area contributed by atoms with E-state index in [0.717, 1.165) is 28.7 Å². The second kappa shape index (κ2) is 13.0. The number of amidine groups is 1. The van der Waals surface area contributed by atoms with Gasteiger partial charge in [-0.2, -0.15) is 5.26 Å². The summed E-state index contributed by atoms with van der Waals surface area (Å²) in [6.45, 7) is 2.71. The summed E-state index contributed by atoms with van der Waals surface area (Å²) in [6.07, 6.45) is 3.32. The van der Waals surface area contributed by atoms with Crippen LogP contribution in [0.5, 0.6) is 0 Å². The minimum Gasteiger partial charge on any atom is -0.386 e. The standard InChI is InChI=1S/C33H43N7O3/c1-21(37-20-29(41)40-15-7-8-26(40)19-34)18-33(32(35)36-2)27-13-11-24(30(42)38(3)4)16-22(27)9-10-23-17-25(12-14-28(23)33)31(43)39(5)6/h11-14,16-17,21,26,37H,7-10,15,18,20H2,1-6H3,(H2,35,36)/t21-,26+/m1/s1. The number of carbonyl (C=O) groups is 3. The van der Waals surface area contributed by atoms with Crippen molar-refractivity contribution in [3.8, 4) is 6.07 Å². The van der Waals surface area contributed by atoms with E-state index in [4.69, 9.17) is 5.73 Å². The van der Waals surface area contributed by atoms with Crippen LogP contribution >= 0.6 is 0 Å². The lowest BCUT2D eigenvalue weighted by atomic mass is 9.67. The molecule has 0 radical (unpaired) electrons. The second-order valence-corrected chi connectivity index (χ2v) is 12.0. The Bertz CT molecular complexity index is 1400. The first kappa shape index (κ1) is 31.7. The molecule has 1 heterocycles. The molecular formula is C33H43N7O3. The Balaban J connectivity index is 1.80. The summed E-state index contributed by atoms with van der Waals surface area (Å²) in [5.74, 6) is 0.149. The minimum atomic E-state index is -0.881. The van der Waals surface area contributed by atoms with Crippen LogP contribution in [-0.4, -0.2) is 98.7 Å². The summed E-state index contributed by atoms with van der Waals surface area (Å²) in [5, 5.41) is 12.8. The van der Waals surface area contributed by atoms with Gasteiger partial charge in [-0.1, -0.05) is 12.1 Å². The van der Waals surface area contributed by atoms with Crippen molar-refractivity contribution in [3.63, 3.8) is 0 Å². The van der Waals surface area contributed by atoms with Gasteiger partial charge in [0.1, 0.15) is 11.9 Å². The first-order valence-electron chi connectivity index (χ1n) is 14.8. The van der Waals surface area contributed by atoms with E-state index >= 15 is 0 Å². The van der Waals surface area contributed by atoms with Crippen molar-refractivity contribution in [2.75, 3.05) is 48.3 Å². The van der Waals surface area contributed by atoms with Crippen LogP contribution in [0.4, 0.5) is 0 Å². The van der Waals surface area contributed by atoms with Crippen LogP contribution in [0.2, 0.25) is 0 Å². The maximum absolute atomic E-state index is 13.0. The molecule has 0 aromatic heterocycles. The zero-order valence-electron chi connectivity index (χ0n) is 26.1. The number of nitriles is 1. The van der Waals surface area contributed by atoms with Crippen LogP contribution in [0, 0.1) is 11.3 Å². The predicted molar refractivity (Wildman–Crippen MR) is 167 cm³/mol. The van der Waals surface area contributed by atoms with Gasteiger partial charge in [-0.3, -0.25) is 19.4 Å². The molecule has 1 saturated heterocycles. The van der Waals surface area contributed by atoms with E-state index < -0.39 is 5.41 Å². The van der Waals surface area contributed by atoms with Crippen LogP contribution in [0.3, 0.4) is 0 Å². The predicted octanol–water partition coefficient (Wildman–Crippen LogP) is 2.34. The average molecular weight is 586 g/mol. The molecule has 0 spiro atoms. The zero-order valence-corrected chi connectivity index (χ0v) is 26.1. The van der Waals surface area contributed by atoms with E-state index in [1.54, 1.807) is 49.9 Å². The number of likely N-dealkylation sites (tertiary alicyclic amines) is 1. The molecule has 228 valence electrons. The summed E-state index contributed by atoms with van der Waals surface area (Å²) < 4.78 is 0. The molecule has 0 unspecified atom stereocenters. The van der Waals surface area contributed by atoms with Gasteiger partial charge in [-0.25, -0.2) is 0 Å². The molecule has 0 saturated carbocycles. The quantitative estimate of drug-likeness (QED) is 0.361. The Morgan fingerprint density at radius 1 is 1.05 bits per heavy atom. The van der Waals surface area contributed by atoms with E-state index in [2.05, 4.69) is 16.4 Å². The average Bonchev–Trinajstić information content (AvgIpc) is 3.44. The fraction of sp³-hybridized carbons (Fsp3) is 0.485. The third-order valence-electron chi connectivity index (χ3n) is 8.71. The monoisotopic (exact) mass is 585 g/mol. The number of nitrogens with two attached hydrogens (primary N) is 1. The van der Waals surface area contributed by atoms with Gasteiger partial charge in [-0.15, -0.1) is 0 Å². The second-order valence-electron chi connectivity index (χ2n) is 12.0. The number of aryl methyl sites for hydroxylation is 2. The zero-order chi connectivity index (χ0) is 31.5. The number of aliphatic imine (C=N–C) groups is 1. The first-order chi connectivity index (χ1) is 20.4. The van der Waals surface area contributed by atoms with Gasteiger partial charge in [0.25, 0.3) is 11.8 Å². The molecule has 3 N–H and O–H groups in total. The third kappa shape index (κ3) is 6.13. The Labute approximate surface area is 254 Å². The number of amides is 3. The summed E-state index contributed by atoms with van der Waals surface area (Å²) >= 11 is 0. The van der Waals surface area contributed by atoms with Gasteiger partial charge in [0.15, 0.2) is 0 Å². The molecular weight excluding hydrogens is 542 g/mol. The SMILES string of the molecule is CN=C(N)C1(C[C@@H](C)NCC(=O)N2CCC[C@H]2C#N)c2ccc(C(=O)N(C)C)cc2CCc2cc(C(=O)N(C)C)ccc21. The number of rotatable bonds is 8. The molecule has 2 aromatic carbocycles. The Morgan fingerprint density at radius 2 is 1.58 bits per heavy atom. The van der Waals surface area contributed by atoms with E-state index in [0.29, 0.717) is 49.2 Å².